The minimum Gasteiger partial charge on any atom is -0.508 e. The Balaban J connectivity index is 1.26. The number of aldehydes is 1. The first-order chi connectivity index (χ1) is 19.2. The lowest BCUT2D eigenvalue weighted by atomic mass is 9.88. The van der Waals surface area contributed by atoms with Crippen molar-refractivity contribution in [2.24, 2.45) is 0 Å². The van der Waals surface area contributed by atoms with Crippen molar-refractivity contribution < 1.29 is 24.2 Å². The number of phenols is 1. The van der Waals surface area contributed by atoms with E-state index in [1.54, 1.807) is 12.1 Å². The average Bonchev–Trinajstić information content (AvgIpc) is 3.29. The van der Waals surface area contributed by atoms with E-state index in [4.69, 9.17) is 9.47 Å². The fourth-order valence-electron chi connectivity index (χ4n) is 5.93. The van der Waals surface area contributed by atoms with Crippen molar-refractivity contribution in [1.82, 2.24) is 4.90 Å². The molecule has 1 heterocycles. The molecule has 0 bridgehead atoms. The molecule has 0 fully saturated rings. The highest BCUT2D eigenvalue weighted by molar-refractivity contribution is 5.80. The molecule has 0 unspecified atom stereocenters. The molecule has 0 aromatic heterocycles. The predicted octanol–water partition coefficient (Wildman–Crippen LogP) is 6.02. The Morgan fingerprint density at radius 3 is 2.21 bits per heavy atom. The average molecular weight is 520 g/mol. The number of carbonyl (C=O) groups excluding carboxylic acids is 2. The Bertz CT molecular complexity index is 1460. The Morgan fingerprint density at radius 1 is 0.846 bits per heavy atom. The second-order valence-electron chi connectivity index (χ2n) is 9.99. The Labute approximate surface area is 227 Å². The first-order valence-corrected chi connectivity index (χ1v) is 13.2. The van der Waals surface area contributed by atoms with Crippen LogP contribution in [0.5, 0.6) is 5.75 Å². The summed E-state index contributed by atoms with van der Waals surface area (Å²) in [6.07, 6.45) is 0.474. The van der Waals surface area contributed by atoms with Gasteiger partial charge in [-0.2, -0.15) is 0 Å². The topological polar surface area (TPSA) is 76.1 Å². The van der Waals surface area contributed by atoms with E-state index in [-0.39, 0.29) is 24.9 Å². The van der Waals surface area contributed by atoms with Crippen LogP contribution in [0.1, 0.15) is 39.8 Å². The van der Waals surface area contributed by atoms with Gasteiger partial charge in [-0.25, -0.2) is 4.79 Å². The summed E-state index contributed by atoms with van der Waals surface area (Å²) in [5, 5.41) is 10.8. The van der Waals surface area contributed by atoms with Crippen LogP contribution in [0, 0.1) is 0 Å². The fourth-order valence-corrected chi connectivity index (χ4v) is 5.93. The first-order valence-electron chi connectivity index (χ1n) is 13.2. The third-order valence-corrected chi connectivity index (χ3v) is 7.72. The van der Waals surface area contributed by atoms with Crippen molar-refractivity contribution in [3.8, 4) is 16.9 Å². The molecule has 196 valence electrons. The number of hydrogen-bond acceptors (Lipinski definition) is 5. The van der Waals surface area contributed by atoms with Crippen LogP contribution in [0.4, 0.5) is 4.79 Å². The molecule has 1 aliphatic heterocycles. The monoisotopic (exact) mass is 519 g/mol. The van der Waals surface area contributed by atoms with Gasteiger partial charge in [0.15, 0.2) is 0 Å². The van der Waals surface area contributed by atoms with Gasteiger partial charge in [0.1, 0.15) is 18.6 Å². The Morgan fingerprint density at radius 2 is 1.51 bits per heavy atom. The molecule has 1 amide bonds. The van der Waals surface area contributed by atoms with E-state index in [1.165, 1.54) is 4.90 Å². The number of amides is 1. The molecule has 0 radical (unpaired) electrons. The summed E-state index contributed by atoms with van der Waals surface area (Å²) in [6, 6.07) is 29.9. The summed E-state index contributed by atoms with van der Waals surface area (Å²) in [5.74, 6) is -0.0316. The number of benzene rings is 4. The second kappa shape index (κ2) is 10.8. The number of hydrogen-bond donors (Lipinski definition) is 1. The predicted molar refractivity (Wildman–Crippen MR) is 147 cm³/mol. The zero-order valence-corrected chi connectivity index (χ0v) is 21.4. The van der Waals surface area contributed by atoms with Gasteiger partial charge in [-0.1, -0.05) is 91.0 Å². The van der Waals surface area contributed by atoms with Gasteiger partial charge in [-0.05, 0) is 39.4 Å². The molecule has 0 saturated carbocycles. The lowest BCUT2D eigenvalue weighted by Gasteiger charge is -2.40. The van der Waals surface area contributed by atoms with Gasteiger partial charge in [-0.3, -0.25) is 4.90 Å². The van der Waals surface area contributed by atoms with E-state index in [2.05, 4.69) is 24.3 Å². The fraction of sp³-hybridized carbons (Fsp3) is 0.212. The van der Waals surface area contributed by atoms with Crippen LogP contribution in [0.2, 0.25) is 0 Å². The molecule has 1 N–H and O–H groups in total. The number of ether oxygens (including phenoxy) is 2. The molecule has 0 saturated heterocycles. The largest absolute Gasteiger partial charge is 0.508 e. The van der Waals surface area contributed by atoms with Crippen LogP contribution >= 0.6 is 0 Å². The molecule has 39 heavy (non-hydrogen) atoms. The minimum atomic E-state index is -0.736. The maximum Gasteiger partial charge on any atom is 0.411 e. The van der Waals surface area contributed by atoms with E-state index in [1.807, 2.05) is 60.7 Å². The molecule has 0 spiro atoms. The zero-order valence-electron chi connectivity index (χ0n) is 21.4. The van der Waals surface area contributed by atoms with Crippen LogP contribution in [0.3, 0.4) is 0 Å². The number of carbonyl (C=O) groups is 2. The highest BCUT2D eigenvalue weighted by Gasteiger charge is 2.41. The standard InChI is InChI=1S/C33H29NO5/c35-18-24-17-23-11-8-16-31(36)32(23)30(21-38-19-22-9-2-1-3-10-22)34(24)33(37)39-20-29-27-14-6-4-12-25(27)26-13-5-7-15-28(26)29/h1-16,18,24,29-30,36H,17,19-21H2/t24-,30-/m0/s1. The highest BCUT2D eigenvalue weighted by Crippen LogP contribution is 2.45. The first kappa shape index (κ1) is 24.9. The number of phenolic OH excluding ortho intramolecular Hbond substituents is 1. The van der Waals surface area contributed by atoms with Crippen LogP contribution in [0.25, 0.3) is 11.1 Å². The normalized spacial score (nSPS) is 17.7. The maximum atomic E-state index is 13.7. The van der Waals surface area contributed by atoms with Gasteiger partial charge in [0.05, 0.1) is 25.3 Å². The third kappa shape index (κ3) is 4.68. The summed E-state index contributed by atoms with van der Waals surface area (Å²) in [4.78, 5) is 27.4. The van der Waals surface area contributed by atoms with Gasteiger partial charge in [0.25, 0.3) is 0 Å². The Hall–Kier alpha value is -4.42. The molecule has 6 nitrogen and oxygen atoms in total. The maximum absolute atomic E-state index is 13.7. The van der Waals surface area contributed by atoms with Crippen molar-refractivity contribution in [1.29, 1.82) is 0 Å². The minimum absolute atomic E-state index is 0.0709. The van der Waals surface area contributed by atoms with E-state index in [0.29, 0.717) is 18.6 Å². The number of aromatic hydroxyl groups is 1. The van der Waals surface area contributed by atoms with Crippen molar-refractivity contribution >= 4 is 12.4 Å². The van der Waals surface area contributed by atoms with Crippen LogP contribution in [0.15, 0.2) is 97.1 Å². The van der Waals surface area contributed by atoms with Crippen molar-refractivity contribution in [2.75, 3.05) is 13.2 Å². The summed E-state index contributed by atoms with van der Waals surface area (Å²) in [6.45, 7) is 0.582. The molecule has 1 aliphatic carbocycles. The van der Waals surface area contributed by atoms with Crippen molar-refractivity contribution in [3.05, 3.63) is 125 Å². The molecule has 2 aliphatic rings. The van der Waals surface area contributed by atoms with Crippen LogP contribution < -0.4 is 0 Å². The SMILES string of the molecule is O=C[C@@H]1Cc2cccc(O)c2[C@H](COCc2ccccc2)N1C(=O)OCC1c2ccccc2-c2ccccc21. The molecule has 6 heteroatoms. The number of nitrogens with zero attached hydrogens (tertiary/aromatic N) is 1. The molecular weight excluding hydrogens is 490 g/mol. The molecule has 4 aromatic carbocycles. The lowest BCUT2D eigenvalue weighted by molar-refractivity contribution is -0.114. The van der Waals surface area contributed by atoms with E-state index in [9.17, 15) is 14.7 Å². The van der Waals surface area contributed by atoms with E-state index < -0.39 is 18.2 Å². The lowest BCUT2D eigenvalue weighted by Crippen LogP contribution is -2.50. The van der Waals surface area contributed by atoms with Gasteiger partial charge in [0, 0.05) is 17.9 Å². The van der Waals surface area contributed by atoms with Crippen molar-refractivity contribution in [2.45, 2.75) is 31.0 Å². The quantitative estimate of drug-likeness (QED) is 0.302. The van der Waals surface area contributed by atoms with E-state index in [0.717, 1.165) is 39.7 Å². The Kier molecular flexibility index (Phi) is 6.86. The number of rotatable bonds is 7. The highest BCUT2D eigenvalue weighted by atomic mass is 16.6. The van der Waals surface area contributed by atoms with E-state index >= 15 is 0 Å². The van der Waals surface area contributed by atoms with Gasteiger partial charge < -0.3 is 19.4 Å². The summed E-state index contributed by atoms with van der Waals surface area (Å²) >= 11 is 0. The third-order valence-electron chi connectivity index (χ3n) is 7.72. The molecular formula is C33H29NO5. The second-order valence-corrected chi connectivity index (χ2v) is 9.99. The van der Waals surface area contributed by atoms with Crippen molar-refractivity contribution in [3.63, 3.8) is 0 Å². The van der Waals surface area contributed by atoms with Gasteiger partial charge in [-0.15, -0.1) is 0 Å². The molecule has 4 aromatic rings. The summed E-state index contributed by atoms with van der Waals surface area (Å²) in [7, 11) is 0. The molecule has 6 rings (SSSR count). The molecule has 2 atom stereocenters. The van der Waals surface area contributed by atoms with Crippen LogP contribution in [-0.4, -0.2) is 41.6 Å². The zero-order chi connectivity index (χ0) is 26.8. The summed E-state index contributed by atoms with van der Waals surface area (Å²) in [5.41, 5.74) is 6.92. The van der Waals surface area contributed by atoms with Gasteiger partial charge >= 0.3 is 6.09 Å². The smallest absolute Gasteiger partial charge is 0.411 e. The summed E-state index contributed by atoms with van der Waals surface area (Å²) < 4.78 is 12.0. The van der Waals surface area contributed by atoms with Crippen LogP contribution in [-0.2, 0) is 27.3 Å². The number of fused-ring (bicyclic) bond motifs is 4. The van der Waals surface area contributed by atoms with Gasteiger partial charge in [0.2, 0.25) is 0 Å².